The number of benzene rings is 4. The van der Waals surface area contributed by atoms with Gasteiger partial charge in [0.15, 0.2) is 5.76 Å². The maximum Gasteiger partial charge on any atom is 0.246 e. The summed E-state index contributed by atoms with van der Waals surface area (Å²) < 4.78 is 5.79. The van der Waals surface area contributed by atoms with Crippen LogP contribution in [0.1, 0.15) is 27.6 Å². The van der Waals surface area contributed by atoms with Crippen LogP contribution in [0.5, 0.6) is 0 Å². The third-order valence-electron chi connectivity index (χ3n) is 9.50. The van der Waals surface area contributed by atoms with Gasteiger partial charge in [0, 0.05) is 50.4 Å². The van der Waals surface area contributed by atoms with Crippen LogP contribution in [0.15, 0.2) is 151 Å². The molecule has 7 aromatic rings. The van der Waals surface area contributed by atoms with Gasteiger partial charge >= 0.3 is 0 Å². The fraction of sp³-hybridized carbons (Fsp3) is 0.0217. The van der Waals surface area contributed by atoms with Crippen LogP contribution in [0.25, 0.3) is 84.8 Å². The summed E-state index contributed by atoms with van der Waals surface area (Å²) in [6.45, 7) is 0. The van der Waals surface area contributed by atoms with Crippen molar-refractivity contribution in [3.8, 4) is 44.5 Å². The number of ether oxygens (including phenoxy) is 1. The predicted molar refractivity (Wildman–Crippen MR) is 211 cm³/mol. The van der Waals surface area contributed by atoms with E-state index in [1.54, 1.807) is 6.08 Å². The molecule has 52 heavy (non-hydrogen) atoms. The number of fused-ring (bicyclic) bond motifs is 8. The number of nitrogens with one attached hydrogen (secondary N) is 2. The molecule has 0 spiro atoms. The maximum atomic E-state index is 14.3. The number of Topliss-reactive ketones (excluding diaryl/α,β-unsaturated/α-hetero) is 1. The lowest BCUT2D eigenvalue weighted by Gasteiger charge is -2.16. The van der Waals surface area contributed by atoms with Crippen molar-refractivity contribution in [2.45, 2.75) is 0 Å². The number of hydrogen-bond donors (Lipinski definition) is 2. The molecule has 2 aliphatic rings. The molecule has 0 radical (unpaired) electrons. The molecule has 0 fully saturated rings. The topological polar surface area (TPSA) is 83.7 Å². The van der Waals surface area contributed by atoms with Crippen LogP contribution in [0.2, 0.25) is 0 Å². The summed E-state index contributed by atoms with van der Waals surface area (Å²) in [5.41, 5.74) is 13.2. The molecule has 0 amide bonds. The van der Waals surface area contributed by atoms with E-state index in [0.29, 0.717) is 17.0 Å². The molecular formula is C46H32N4O2. The smallest absolute Gasteiger partial charge is 0.246 e. The first-order valence-electron chi connectivity index (χ1n) is 17.2. The van der Waals surface area contributed by atoms with Crippen LogP contribution >= 0.6 is 0 Å². The van der Waals surface area contributed by atoms with E-state index in [4.69, 9.17) is 14.7 Å². The number of allylic oxidation sites excluding steroid dienone is 1. The van der Waals surface area contributed by atoms with Crippen LogP contribution < -0.4 is 0 Å². The molecule has 248 valence electrons. The van der Waals surface area contributed by atoms with Gasteiger partial charge < -0.3 is 14.7 Å². The summed E-state index contributed by atoms with van der Waals surface area (Å²) in [6, 6.07) is 49.0. The van der Waals surface area contributed by atoms with Crippen LogP contribution in [0.4, 0.5) is 0 Å². The number of aromatic amines is 2. The molecule has 0 unspecified atom stereocenters. The molecule has 0 saturated carbocycles. The number of H-pyrrole nitrogens is 2. The predicted octanol–water partition coefficient (Wildman–Crippen LogP) is 11.0. The Hall–Kier alpha value is -7.05. The highest BCUT2D eigenvalue weighted by atomic mass is 16.5. The van der Waals surface area contributed by atoms with Crippen LogP contribution in [0, 0.1) is 0 Å². The number of hydrogen-bond acceptors (Lipinski definition) is 4. The van der Waals surface area contributed by atoms with Crippen molar-refractivity contribution in [2.75, 3.05) is 7.11 Å². The Kier molecular flexibility index (Phi) is 7.75. The molecule has 6 nitrogen and oxygen atoms in total. The minimum absolute atomic E-state index is 0.201. The molecule has 3 aromatic heterocycles. The Morgan fingerprint density at radius 3 is 1.29 bits per heavy atom. The zero-order valence-electron chi connectivity index (χ0n) is 28.3. The summed E-state index contributed by atoms with van der Waals surface area (Å²) in [7, 11) is 1.53. The lowest BCUT2D eigenvalue weighted by molar-refractivity contribution is 0.0950. The van der Waals surface area contributed by atoms with E-state index in [0.717, 1.165) is 66.7 Å². The lowest BCUT2D eigenvalue weighted by atomic mass is 9.96. The molecule has 9 rings (SSSR count). The van der Waals surface area contributed by atoms with Gasteiger partial charge in [0.2, 0.25) is 5.78 Å². The quantitative estimate of drug-likeness (QED) is 0.191. The fourth-order valence-corrected chi connectivity index (χ4v) is 7.14. The molecule has 6 heteroatoms. The van der Waals surface area contributed by atoms with Gasteiger partial charge in [0.25, 0.3) is 0 Å². The van der Waals surface area contributed by atoms with Gasteiger partial charge in [0.05, 0.1) is 24.2 Å². The van der Waals surface area contributed by atoms with Crippen molar-refractivity contribution in [2.24, 2.45) is 0 Å². The Labute approximate surface area is 300 Å². The van der Waals surface area contributed by atoms with Gasteiger partial charge in [0.1, 0.15) is 5.69 Å². The summed E-state index contributed by atoms with van der Waals surface area (Å²) in [5, 5.41) is 0. The number of methoxy groups -OCH3 is 1. The van der Waals surface area contributed by atoms with E-state index in [1.165, 1.54) is 7.11 Å². The number of carbonyl (C=O) groups is 1. The monoisotopic (exact) mass is 672 g/mol. The first-order valence-corrected chi connectivity index (χ1v) is 17.2. The zero-order chi connectivity index (χ0) is 35.0. The lowest BCUT2D eigenvalue weighted by Crippen LogP contribution is -2.14. The highest BCUT2D eigenvalue weighted by molar-refractivity contribution is 6.15. The van der Waals surface area contributed by atoms with Crippen molar-refractivity contribution < 1.29 is 9.53 Å². The van der Waals surface area contributed by atoms with Crippen molar-refractivity contribution >= 4 is 46.1 Å². The molecule has 4 aromatic carbocycles. The highest BCUT2D eigenvalue weighted by Gasteiger charge is 2.27. The normalized spacial score (nSPS) is 12.4. The molecule has 2 N–H and O–H groups in total. The summed E-state index contributed by atoms with van der Waals surface area (Å²) >= 11 is 0. The molecule has 0 atom stereocenters. The van der Waals surface area contributed by atoms with Crippen LogP contribution in [-0.4, -0.2) is 32.8 Å². The van der Waals surface area contributed by atoms with Gasteiger partial charge in [-0.05, 0) is 58.7 Å². The maximum absolute atomic E-state index is 14.3. The van der Waals surface area contributed by atoms with Crippen LogP contribution in [0.3, 0.4) is 0 Å². The first kappa shape index (κ1) is 31.0. The second kappa shape index (κ2) is 13.0. The average molecular weight is 673 g/mol. The minimum atomic E-state index is -0.309. The Morgan fingerprint density at radius 2 is 0.827 bits per heavy atom. The minimum Gasteiger partial charge on any atom is -0.492 e. The third-order valence-corrected chi connectivity index (χ3v) is 9.50. The number of rotatable bonds is 5. The largest absolute Gasteiger partial charge is 0.492 e. The van der Waals surface area contributed by atoms with Gasteiger partial charge in [-0.2, -0.15) is 0 Å². The highest BCUT2D eigenvalue weighted by Crippen LogP contribution is 2.38. The van der Waals surface area contributed by atoms with Gasteiger partial charge in [-0.3, -0.25) is 4.79 Å². The van der Waals surface area contributed by atoms with Crippen molar-refractivity contribution in [3.05, 3.63) is 174 Å². The van der Waals surface area contributed by atoms with Crippen molar-refractivity contribution in [1.82, 2.24) is 19.9 Å². The Bertz CT molecular complexity index is 2710. The molecule has 5 heterocycles. The summed E-state index contributed by atoms with van der Waals surface area (Å²) in [4.78, 5) is 32.4. The number of aromatic nitrogens is 4. The molecule has 0 aliphatic carbocycles. The average Bonchev–Trinajstić information content (AvgIpc) is 3.98. The van der Waals surface area contributed by atoms with Gasteiger partial charge in [-0.1, -0.05) is 121 Å². The van der Waals surface area contributed by atoms with Crippen LogP contribution in [-0.2, 0) is 4.74 Å². The number of carbonyl (C=O) groups excluding carboxylic acids is 1. The van der Waals surface area contributed by atoms with E-state index in [9.17, 15) is 4.79 Å². The van der Waals surface area contributed by atoms with E-state index in [-0.39, 0.29) is 17.2 Å². The summed E-state index contributed by atoms with van der Waals surface area (Å²) in [6.07, 6.45) is 5.73. The molecule has 0 saturated heterocycles. The second-order valence-electron chi connectivity index (χ2n) is 12.6. The Morgan fingerprint density at radius 1 is 0.442 bits per heavy atom. The number of nitrogens with zero attached hydrogens (tertiary/aromatic N) is 2. The third kappa shape index (κ3) is 5.43. The van der Waals surface area contributed by atoms with E-state index in [2.05, 4.69) is 82.8 Å². The second-order valence-corrected chi connectivity index (χ2v) is 12.6. The fourth-order valence-electron chi connectivity index (χ4n) is 7.14. The molecule has 2 aliphatic heterocycles. The van der Waals surface area contributed by atoms with Gasteiger partial charge in [-0.15, -0.1) is 0 Å². The van der Waals surface area contributed by atoms with E-state index >= 15 is 0 Å². The molecule has 8 bridgehead atoms. The molecular weight excluding hydrogens is 641 g/mol. The van der Waals surface area contributed by atoms with E-state index < -0.39 is 0 Å². The SMILES string of the molecule is COC1=Cc2nc(c(-c3ccccc3)c3nc(c(-c4ccccc4)c4ccc([nH]4)c(-c4ccccc4)c4ccc([nH]4)c2-c2ccccc2)C=C3)C1=O. The van der Waals surface area contributed by atoms with E-state index in [1.807, 2.05) is 84.9 Å². The Balaban J connectivity index is 1.53. The zero-order valence-corrected chi connectivity index (χ0v) is 28.3. The van der Waals surface area contributed by atoms with Crippen molar-refractivity contribution in [3.63, 3.8) is 0 Å². The summed E-state index contributed by atoms with van der Waals surface area (Å²) in [5.74, 6) is -0.108. The van der Waals surface area contributed by atoms with Gasteiger partial charge in [-0.25, -0.2) is 9.97 Å². The first-order chi connectivity index (χ1) is 25.7. The van der Waals surface area contributed by atoms with Crippen molar-refractivity contribution in [1.29, 1.82) is 0 Å². The number of ketones is 1. The standard InChI is InChI=1S/C46H32N4O2/c1-52-40-28-39-43(31-18-10-4-11-19-31)37-25-24-35(48-37)41(29-14-6-2-7-15-29)33-22-23-34(47-33)42(30-16-8-3-9-17-30)36-26-27-38(49-36)44(45(50-39)46(40)51)32-20-12-5-13-21-32/h2-28,47-48H,1H3.